The highest BCUT2D eigenvalue weighted by Gasteiger charge is 2.28. The second kappa shape index (κ2) is 4.81. The Morgan fingerprint density at radius 1 is 1.27 bits per heavy atom. The Labute approximate surface area is 93.4 Å². The Morgan fingerprint density at radius 3 is 2.13 bits per heavy atom. The van der Waals surface area contributed by atoms with Crippen molar-refractivity contribution in [2.24, 2.45) is 5.41 Å². The zero-order chi connectivity index (χ0) is 11.6. The second-order valence-corrected chi connectivity index (χ2v) is 5.86. The molecular formula is C12H25NO2. The largest absolute Gasteiger partial charge is 0.391 e. The summed E-state index contributed by atoms with van der Waals surface area (Å²) in [4.78, 5) is 2.30. The van der Waals surface area contributed by atoms with Crippen molar-refractivity contribution in [1.29, 1.82) is 0 Å². The molecule has 1 N–H and O–H groups in total. The molecule has 1 heterocycles. The molecule has 3 atom stereocenters. The van der Waals surface area contributed by atoms with Crippen molar-refractivity contribution in [1.82, 2.24) is 4.90 Å². The van der Waals surface area contributed by atoms with Gasteiger partial charge in [0.15, 0.2) is 0 Å². The van der Waals surface area contributed by atoms with Crippen LogP contribution >= 0.6 is 0 Å². The third-order valence-electron chi connectivity index (χ3n) is 2.93. The van der Waals surface area contributed by atoms with Gasteiger partial charge in [-0.15, -0.1) is 0 Å². The van der Waals surface area contributed by atoms with Crippen LogP contribution in [0.1, 0.15) is 34.6 Å². The van der Waals surface area contributed by atoms with Gasteiger partial charge in [0.1, 0.15) is 0 Å². The molecular weight excluding hydrogens is 190 g/mol. The summed E-state index contributed by atoms with van der Waals surface area (Å²) in [7, 11) is 0. The molecule has 3 heteroatoms. The molecule has 1 aliphatic heterocycles. The summed E-state index contributed by atoms with van der Waals surface area (Å²) >= 11 is 0. The van der Waals surface area contributed by atoms with E-state index in [2.05, 4.69) is 39.5 Å². The van der Waals surface area contributed by atoms with Gasteiger partial charge in [-0.3, -0.25) is 4.90 Å². The summed E-state index contributed by atoms with van der Waals surface area (Å²) in [6.07, 6.45) is 0.289. The van der Waals surface area contributed by atoms with Crippen LogP contribution in [-0.2, 0) is 4.74 Å². The molecule has 1 aliphatic rings. The lowest BCUT2D eigenvalue weighted by atomic mass is 9.88. The van der Waals surface area contributed by atoms with Crippen LogP contribution in [-0.4, -0.2) is 48.0 Å². The number of ether oxygens (including phenoxy) is 1. The number of rotatable bonds is 2. The predicted molar refractivity (Wildman–Crippen MR) is 61.9 cm³/mol. The quantitative estimate of drug-likeness (QED) is 0.758. The molecule has 0 radical (unpaired) electrons. The minimum Gasteiger partial charge on any atom is -0.391 e. The van der Waals surface area contributed by atoms with Gasteiger partial charge >= 0.3 is 0 Å². The molecule has 0 saturated carbocycles. The number of β-amino-alcohol motifs (C(OH)–C–C–N with tert-alkyl or cyclic N) is 1. The normalized spacial score (nSPS) is 31.6. The molecule has 0 bridgehead atoms. The van der Waals surface area contributed by atoms with E-state index in [-0.39, 0.29) is 23.7 Å². The lowest BCUT2D eigenvalue weighted by molar-refractivity contribution is -0.0845. The summed E-state index contributed by atoms with van der Waals surface area (Å²) in [5.74, 6) is 0. The number of aliphatic hydroxyl groups is 1. The van der Waals surface area contributed by atoms with Crippen molar-refractivity contribution in [3.8, 4) is 0 Å². The number of hydrogen-bond acceptors (Lipinski definition) is 3. The Balaban J connectivity index is 2.44. The highest BCUT2D eigenvalue weighted by Crippen LogP contribution is 2.21. The molecule has 0 spiro atoms. The van der Waals surface area contributed by atoms with E-state index in [9.17, 15) is 5.11 Å². The molecule has 90 valence electrons. The highest BCUT2D eigenvalue weighted by molar-refractivity contribution is 4.80. The van der Waals surface area contributed by atoms with Gasteiger partial charge in [-0.05, 0) is 19.3 Å². The van der Waals surface area contributed by atoms with Gasteiger partial charge in [-0.25, -0.2) is 0 Å². The van der Waals surface area contributed by atoms with Crippen molar-refractivity contribution in [3.63, 3.8) is 0 Å². The lowest BCUT2D eigenvalue weighted by Gasteiger charge is -2.38. The molecule has 3 nitrogen and oxygen atoms in total. The summed E-state index contributed by atoms with van der Waals surface area (Å²) in [5.41, 5.74) is -0.0369. The van der Waals surface area contributed by atoms with Gasteiger partial charge in [-0.1, -0.05) is 20.8 Å². The van der Waals surface area contributed by atoms with Crippen LogP contribution in [0.5, 0.6) is 0 Å². The third kappa shape index (κ3) is 4.09. The van der Waals surface area contributed by atoms with Crippen molar-refractivity contribution >= 4 is 0 Å². The first kappa shape index (κ1) is 12.9. The van der Waals surface area contributed by atoms with E-state index in [1.54, 1.807) is 0 Å². The molecule has 15 heavy (non-hydrogen) atoms. The first-order valence-electron chi connectivity index (χ1n) is 5.85. The molecule has 0 aromatic carbocycles. The average Bonchev–Trinajstić information content (AvgIpc) is 1.99. The van der Waals surface area contributed by atoms with Gasteiger partial charge < -0.3 is 9.84 Å². The SMILES string of the molecule is C[C@@H]1CN(CC(O)C(C)(C)C)C[C@H](C)O1. The van der Waals surface area contributed by atoms with Crippen LogP contribution in [0, 0.1) is 5.41 Å². The Kier molecular flexibility index (Phi) is 4.15. The van der Waals surface area contributed by atoms with Gasteiger partial charge in [0.2, 0.25) is 0 Å². The maximum absolute atomic E-state index is 10.0. The molecule has 1 fully saturated rings. The van der Waals surface area contributed by atoms with E-state index in [0.29, 0.717) is 0 Å². The predicted octanol–water partition coefficient (Wildman–Crippen LogP) is 1.50. The van der Waals surface area contributed by atoms with Crippen LogP contribution in [0.3, 0.4) is 0 Å². The molecule has 0 aliphatic carbocycles. The zero-order valence-corrected chi connectivity index (χ0v) is 10.7. The highest BCUT2D eigenvalue weighted by atomic mass is 16.5. The van der Waals surface area contributed by atoms with E-state index in [1.165, 1.54) is 0 Å². The number of aliphatic hydroxyl groups excluding tert-OH is 1. The minimum atomic E-state index is -0.269. The Bertz CT molecular complexity index is 190. The van der Waals surface area contributed by atoms with Gasteiger partial charge in [0.05, 0.1) is 18.3 Å². The number of hydrogen-bond donors (Lipinski definition) is 1. The fraction of sp³-hybridized carbons (Fsp3) is 1.00. The van der Waals surface area contributed by atoms with Crippen molar-refractivity contribution in [2.45, 2.75) is 52.9 Å². The number of nitrogens with zero attached hydrogens (tertiary/aromatic N) is 1. The van der Waals surface area contributed by atoms with Gasteiger partial charge in [0, 0.05) is 19.6 Å². The number of morpholine rings is 1. The van der Waals surface area contributed by atoms with Crippen molar-refractivity contribution in [3.05, 3.63) is 0 Å². The van der Waals surface area contributed by atoms with E-state index >= 15 is 0 Å². The Morgan fingerprint density at radius 2 is 1.73 bits per heavy atom. The lowest BCUT2D eigenvalue weighted by Crippen LogP contribution is -2.49. The summed E-state index contributed by atoms with van der Waals surface area (Å²) < 4.78 is 5.66. The Hall–Kier alpha value is -0.120. The van der Waals surface area contributed by atoms with E-state index in [0.717, 1.165) is 19.6 Å². The fourth-order valence-electron chi connectivity index (χ4n) is 1.95. The van der Waals surface area contributed by atoms with Crippen molar-refractivity contribution < 1.29 is 9.84 Å². The average molecular weight is 215 g/mol. The van der Waals surface area contributed by atoms with E-state index in [4.69, 9.17) is 4.74 Å². The molecule has 1 rings (SSSR count). The smallest absolute Gasteiger partial charge is 0.0715 e. The maximum atomic E-state index is 10.0. The maximum Gasteiger partial charge on any atom is 0.0715 e. The molecule has 0 aromatic rings. The van der Waals surface area contributed by atoms with Crippen molar-refractivity contribution in [2.75, 3.05) is 19.6 Å². The van der Waals surface area contributed by atoms with Crippen LogP contribution in [0.25, 0.3) is 0 Å². The molecule has 1 saturated heterocycles. The summed E-state index contributed by atoms with van der Waals surface area (Å²) in [5, 5.41) is 10.0. The summed E-state index contributed by atoms with van der Waals surface area (Å²) in [6.45, 7) is 13.0. The molecule has 1 unspecified atom stereocenters. The first-order valence-corrected chi connectivity index (χ1v) is 5.85. The standard InChI is InChI=1S/C12H25NO2/c1-9-6-13(7-10(2)15-9)8-11(14)12(3,4)5/h9-11,14H,6-8H2,1-5H3/t9-,10+,11?. The first-order chi connectivity index (χ1) is 6.79. The molecule has 0 amide bonds. The second-order valence-electron chi connectivity index (χ2n) is 5.86. The van der Waals surface area contributed by atoms with E-state index < -0.39 is 0 Å². The van der Waals surface area contributed by atoms with Gasteiger partial charge in [0.25, 0.3) is 0 Å². The summed E-state index contributed by atoms with van der Waals surface area (Å²) in [6, 6.07) is 0. The molecule has 0 aromatic heterocycles. The zero-order valence-electron chi connectivity index (χ0n) is 10.7. The van der Waals surface area contributed by atoms with Crippen LogP contribution < -0.4 is 0 Å². The van der Waals surface area contributed by atoms with E-state index in [1.807, 2.05) is 0 Å². The van der Waals surface area contributed by atoms with Crippen LogP contribution in [0.15, 0.2) is 0 Å². The fourth-order valence-corrected chi connectivity index (χ4v) is 1.95. The van der Waals surface area contributed by atoms with Crippen LogP contribution in [0.2, 0.25) is 0 Å². The van der Waals surface area contributed by atoms with Gasteiger partial charge in [-0.2, -0.15) is 0 Å². The topological polar surface area (TPSA) is 32.7 Å². The van der Waals surface area contributed by atoms with Crippen LogP contribution in [0.4, 0.5) is 0 Å². The minimum absolute atomic E-state index is 0.0369. The third-order valence-corrected chi connectivity index (χ3v) is 2.93. The monoisotopic (exact) mass is 215 g/mol.